The average molecular weight is 519 g/mol. The summed E-state index contributed by atoms with van der Waals surface area (Å²) in [5.74, 6) is -1.98. The van der Waals surface area contributed by atoms with E-state index in [0.29, 0.717) is 24.0 Å². The fourth-order valence-corrected chi connectivity index (χ4v) is 2.88. The van der Waals surface area contributed by atoms with E-state index in [-0.39, 0.29) is 25.2 Å². The molecule has 0 N–H and O–H groups in total. The molecule has 0 aromatic rings. The summed E-state index contributed by atoms with van der Waals surface area (Å²) in [7, 11) is 0. The Balaban J connectivity index is 4.76. The smallest absolute Gasteiger partial charge is 0.307 e. The van der Waals surface area contributed by atoms with Crippen molar-refractivity contribution in [2.24, 2.45) is 0 Å². The van der Waals surface area contributed by atoms with Crippen molar-refractivity contribution in [2.45, 2.75) is 80.1 Å². The molecule has 0 aliphatic rings. The topological polar surface area (TPSA) is 122 Å². The molecule has 9 nitrogen and oxygen atoms in total. The molecule has 0 atom stereocenters. The largest absolute Gasteiger partial charge is 0.461 e. The lowest BCUT2D eigenvalue weighted by Gasteiger charge is -2.08. The second kappa shape index (κ2) is 19.4. The second-order valence-corrected chi connectivity index (χ2v) is 8.45. The van der Waals surface area contributed by atoms with Gasteiger partial charge in [-0.2, -0.15) is 0 Å². The number of allylic oxidation sites excluding steroid dienone is 6. The lowest BCUT2D eigenvalue weighted by atomic mass is 10.0. The number of Topliss-reactive ketones (excluding diaryl/α,β-unsaturated/α-hetero) is 1. The third-order valence-corrected chi connectivity index (χ3v) is 4.60. The Labute approximate surface area is 218 Å². The lowest BCUT2D eigenvalue weighted by Crippen LogP contribution is -2.09. The molecule has 0 saturated carbocycles. The molecular formula is C28H38O9. The van der Waals surface area contributed by atoms with Crippen LogP contribution in [0.3, 0.4) is 0 Å². The zero-order valence-electron chi connectivity index (χ0n) is 22.6. The molecule has 0 aliphatic heterocycles. The summed E-state index contributed by atoms with van der Waals surface area (Å²) in [5.41, 5.74) is 3.19. The Hall–Kier alpha value is -3.75. The fourth-order valence-electron chi connectivity index (χ4n) is 2.88. The Bertz CT molecular complexity index is 962. The highest BCUT2D eigenvalue weighted by Gasteiger charge is 2.10. The van der Waals surface area contributed by atoms with Crippen molar-refractivity contribution in [3.05, 3.63) is 59.3 Å². The standard InChI is InChI=1S/C28H38O9/c1-20(10-8-12-26(17-35-23(4)30)13-14-34-22(3)29)9-7-11-21(2)15-28(33)16-27(18-36-24(5)31)19-37-25(6)32/h10-11,13-14,17-18H,7-9,12,15-16,19H2,1-6H3/b14-13+,20-10+,21-11+,26-17+,27-18+. The number of rotatable bonds is 16. The molecule has 0 spiro atoms. The van der Waals surface area contributed by atoms with Gasteiger partial charge < -0.3 is 18.9 Å². The molecule has 0 aromatic heterocycles. The maximum atomic E-state index is 12.4. The minimum atomic E-state index is -0.526. The molecule has 37 heavy (non-hydrogen) atoms. The van der Waals surface area contributed by atoms with Crippen LogP contribution in [0.2, 0.25) is 0 Å². The molecule has 0 radical (unpaired) electrons. The van der Waals surface area contributed by atoms with Gasteiger partial charge in [0.05, 0.1) is 18.8 Å². The number of hydrogen-bond donors (Lipinski definition) is 0. The van der Waals surface area contributed by atoms with Crippen molar-refractivity contribution in [1.82, 2.24) is 0 Å². The normalized spacial score (nSPS) is 12.8. The van der Waals surface area contributed by atoms with Crippen molar-refractivity contribution in [2.75, 3.05) is 6.61 Å². The van der Waals surface area contributed by atoms with E-state index < -0.39 is 23.9 Å². The maximum Gasteiger partial charge on any atom is 0.307 e. The predicted octanol–water partition coefficient (Wildman–Crippen LogP) is 5.32. The van der Waals surface area contributed by atoms with E-state index in [1.165, 1.54) is 45.8 Å². The van der Waals surface area contributed by atoms with Crippen LogP contribution in [-0.4, -0.2) is 36.3 Å². The molecule has 0 fully saturated rings. The van der Waals surface area contributed by atoms with Crippen LogP contribution in [0, 0.1) is 0 Å². The van der Waals surface area contributed by atoms with Gasteiger partial charge in [0.1, 0.15) is 12.4 Å². The van der Waals surface area contributed by atoms with E-state index in [4.69, 9.17) is 18.9 Å². The summed E-state index contributed by atoms with van der Waals surface area (Å²) in [6, 6.07) is 0. The van der Waals surface area contributed by atoms with Crippen LogP contribution < -0.4 is 0 Å². The molecule has 0 unspecified atom stereocenters. The first-order chi connectivity index (χ1) is 17.4. The van der Waals surface area contributed by atoms with Crippen LogP contribution in [0.5, 0.6) is 0 Å². The van der Waals surface area contributed by atoms with Gasteiger partial charge in [0.15, 0.2) is 0 Å². The molecule has 0 aliphatic carbocycles. The molecule has 0 rings (SSSR count). The third-order valence-electron chi connectivity index (χ3n) is 4.60. The fraction of sp³-hybridized carbons (Fsp3) is 0.464. The number of carbonyl (C=O) groups is 5. The van der Waals surface area contributed by atoms with Crippen LogP contribution >= 0.6 is 0 Å². The summed E-state index contributed by atoms with van der Waals surface area (Å²) in [4.78, 5) is 56.5. The van der Waals surface area contributed by atoms with Gasteiger partial charge in [0.25, 0.3) is 0 Å². The third kappa shape index (κ3) is 21.3. The highest BCUT2D eigenvalue weighted by Crippen LogP contribution is 2.15. The van der Waals surface area contributed by atoms with Crippen molar-refractivity contribution < 1.29 is 42.9 Å². The van der Waals surface area contributed by atoms with Gasteiger partial charge in [-0.3, -0.25) is 24.0 Å². The summed E-state index contributed by atoms with van der Waals surface area (Å²) < 4.78 is 19.4. The Morgan fingerprint density at radius 3 is 1.78 bits per heavy atom. The quantitative estimate of drug-likeness (QED) is 0.0878. The van der Waals surface area contributed by atoms with Crippen LogP contribution in [0.25, 0.3) is 0 Å². The SMILES string of the molecule is CC(=O)O/C=C/C(=C/OC(C)=O)CC/C=C(\C)CC/C=C(\C)CC(=O)C/C(=C\OC(C)=O)COC(C)=O. The molecule has 0 heterocycles. The molecule has 0 bridgehead atoms. The van der Waals surface area contributed by atoms with Crippen molar-refractivity contribution in [1.29, 1.82) is 0 Å². The molecule has 204 valence electrons. The second-order valence-electron chi connectivity index (χ2n) is 8.45. The predicted molar refractivity (Wildman–Crippen MR) is 137 cm³/mol. The van der Waals surface area contributed by atoms with E-state index in [2.05, 4.69) is 6.08 Å². The number of hydrogen-bond acceptors (Lipinski definition) is 9. The van der Waals surface area contributed by atoms with Crippen LogP contribution in [0.1, 0.15) is 80.1 Å². The van der Waals surface area contributed by atoms with Crippen molar-refractivity contribution >= 4 is 29.7 Å². The van der Waals surface area contributed by atoms with Gasteiger partial charge in [-0.25, -0.2) is 0 Å². The monoisotopic (exact) mass is 518 g/mol. The van der Waals surface area contributed by atoms with Crippen molar-refractivity contribution in [3.8, 4) is 0 Å². The van der Waals surface area contributed by atoms with Crippen molar-refractivity contribution in [3.63, 3.8) is 0 Å². The Morgan fingerprint density at radius 1 is 0.622 bits per heavy atom. The van der Waals surface area contributed by atoms with E-state index in [1.54, 1.807) is 6.08 Å². The molecule has 0 saturated heterocycles. The van der Waals surface area contributed by atoms with E-state index in [0.717, 1.165) is 24.7 Å². The summed E-state index contributed by atoms with van der Waals surface area (Å²) in [6.07, 6.45) is 12.5. The summed E-state index contributed by atoms with van der Waals surface area (Å²) >= 11 is 0. The van der Waals surface area contributed by atoms with Gasteiger partial charge in [0.2, 0.25) is 0 Å². The molecule has 0 amide bonds. The van der Waals surface area contributed by atoms with Gasteiger partial charge in [-0.05, 0) is 51.2 Å². The zero-order chi connectivity index (χ0) is 28.2. The van der Waals surface area contributed by atoms with Gasteiger partial charge in [0, 0.05) is 46.1 Å². The van der Waals surface area contributed by atoms with Crippen LogP contribution in [0.4, 0.5) is 0 Å². The molecular weight excluding hydrogens is 480 g/mol. The number of esters is 4. The first kappa shape index (κ1) is 33.2. The lowest BCUT2D eigenvalue weighted by molar-refractivity contribution is -0.140. The Morgan fingerprint density at radius 2 is 1.19 bits per heavy atom. The number of ether oxygens (including phenoxy) is 4. The Kier molecular flexibility index (Phi) is 17.5. The van der Waals surface area contributed by atoms with Crippen LogP contribution in [0.15, 0.2) is 59.3 Å². The first-order valence-corrected chi connectivity index (χ1v) is 11.9. The van der Waals surface area contributed by atoms with E-state index >= 15 is 0 Å². The van der Waals surface area contributed by atoms with E-state index in [1.807, 2.05) is 19.9 Å². The first-order valence-electron chi connectivity index (χ1n) is 11.9. The zero-order valence-corrected chi connectivity index (χ0v) is 22.6. The number of ketones is 1. The van der Waals surface area contributed by atoms with E-state index in [9.17, 15) is 24.0 Å². The minimum absolute atomic E-state index is 0.0137. The minimum Gasteiger partial charge on any atom is -0.461 e. The van der Waals surface area contributed by atoms with Gasteiger partial charge in [-0.15, -0.1) is 0 Å². The average Bonchev–Trinajstić information content (AvgIpc) is 2.78. The maximum absolute atomic E-state index is 12.4. The summed E-state index contributed by atoms with van der Waals surface area (Å²) in [6.45, 7) is 8.88. The van der Waals surface area contributed by atoms with Gasteiger partial charge >= 0.3 is 23.9 Å². The highest BCUT2D eigenvalue weighted by atomic mass is 16.5. The number of carbonyl (C=O) groups excluding carboxylic acids is 5. The summed E-state index contributed by atoms with van der Waals surface area (Å²) in [5, 5.41) is 0. The molecule has 9 heteroatoms. The van der Waals surface area contributed by atoms with Gasteiger partial charge in [-0.1, -0.05) is 23.3 Å². The highest BCUT2D eigenvalue weighted by molar-refractivity contribution is 5.83. The molecule has 0 aromatic carbocycles. The van der Waals surface area contributed by atoms with Crippen LogP contribution in [-0.2, 0) is 42.9 Å².